The van der Waals surface area contributed by atoms with E-state index in [1.165, 1.54) is 18.5 Å². The number of allylic oxidation sites excluding steroid dienone is 1. The van der Waals surface area contributed by atoms with Crippen LogP contribution < -0.4 is 0 Å². The van der Waals surface area contributed by atoms with Crippen molar-refractivity contribution in [1.29, 1.82) is 0 Å². The van der Waals surface area contributed by atoms with E-state index in [1.54, 1.807) is 0 Å². The van der Waals surface area contributed by atoms with E-state index in [1.807, 2.05) is 0 Å². The highest BCUT2D eigenvalue weighted by Gasteiger charge is 2.10. The lowest BCUT2D eigenvalue weighted by Gasteiger charge is -2.27. The van der Waals surface area contributed by atoms with Crippen molar-refractivity contribution in [2.24, 2.45) is 5.92 Å². The van der Waals surface area contributed by atoms with Gasteiger partial charge in [-0.05, 0) is 24.1 Å². The molecule has 0 radical (unpaired) electrons. The average molecular weight is 269 g/mol. The van der Waals surface area contributed by atoms with Gasteiger partial charge in [0.25, 0.3) is 11.0 Å². The molecule has 100 valence electrons. The van der Waals surface area contributed by atoms with Crippen LogP contribution in [0.25, 0.3) is 0 Å². The van der Waals surface area contributed by atoms with E-state index >= 15 is 0 Å². The Kier molecular flexibility index (Phi) is 6.46. The molecule has 4 nitrogen and oxygen atoms in total. The monoisotopic (exact) mass is 269 g/mol. The Labute approximate surface area is 110 Å². The first-order chi connectivity index (χ1) is 8.58. The predicted octanol–water partition coefficient (Wildman–Crippen LogP) is 2.11. The molecule has 1 aliphatic rings. The van der Waals surface area contributed by atoms with Gasteiger partial charge in [0, 0.05) is 13.1 Å². The van der Waals surface area contributed by atoms with Crippen molar-refractivity contribution in [3.63, 3.8) is 0 Å². The number of nitrogens with zero attached hydrogens (tertiary/aromatic N) is 1. The van der Waals surface area contributed by atoms with Crippen molar-refractivity contribution in [3.8, 4) is 0 Å². The lowest BCUT2D eigenvalue weighted by atomic mass is 10.0. The molecule has 0 saturated heterocycles. The van der Waals surface area contributed by atoms with Crippen LogP contribution in [0.4, 0.5) is 0 Å². The van der Waals surface area contributed by atoms with Crippen LogP contribution >= 0.6 is 0 Å². The summed E-state index contributed by atoms with van der Waals surface area (Å²) in [5.74, 6) is 0.795. The smallest absolute Gasteiger partial charge is 0.254 e. The van der Waals surface area contributed by atoms with Gasteiger partial charge in [0.2, 0.25) is 0 Å². The summed E-state index contributed by atoms with van der Waals surface area (Å²) >= 11 is 0. The minimum Gasteiger partial charge on any atom is -0.373 e. The Balaban J connectivity index is 0.000000357. The first-order valence-electron chi connectivity index (χ1n) is 5.86. The van der Waals surface area contributed by atoms with Crippen molar-refractivity contribution in [2.45, 2.75) is 19.9 Å². The molecule has 1 unspecified atom stereocenters. The van der Waals surface area contributed by atoms with Crippen LogP contribution in [-0.2, 0) is 17.5 Å². The van der Waals surface area contributed by atoms with Crippen LogP contribution in [0.1, 0.15) is 18.9 Å². The molecule has 0 saturated carbocycles. The van der Waals surface area contributed by atoms with Gasteiger partial charge in [-0.2, -0.15) is 0 Å². The third-order valence-corrected chi connectivity index (χ3v) is 2.63. The molecule has 1 aromatic rings. The molecule has 0 aromatic heterocycles. The second kappa shape index (κ2) is 7.89. The molecular weight excluding hydrogens is 250 g/mol. The number of benzene rings is 1. The fraction of sp³-hybridized carbons (Fsp3) is 0.385. The van der Waals surface area contributed by atoms with Crippen LogP contribution in [0.15, 0.2) is 42.6 Å². The molecule has 1 N–H and O–H groups in total. The van der Waals surface area contributed by atoms with Crippen LogP contribution in [0.2, 0.25) is 0 Å². The minimum absolute atomic E-state index is 0.795. The third kappa shape index (κ3) is 6.42. The molecule has 1 aromatic carbocycles. The van der Waals surface area contributed by atoms with Gasteiger partial charge in [-0.3, -0.25) is 4.55 Å². The van der Waals surface area contributed by atoms with Crippen LogP contribution in [-0.4, -0.2) is 24.4 Å². The van der Waals surface area contributed by atoms with E-state index in [0.29, 0.717) is 0 Å². The number of hydrogen-bond acceptors (Lipinski definition) is 3. The zero-order chi connectivity index (χ0) is 13.4. The Morgan fingerprint density at radius 1 is 1.33 bits per heavy atom. The van der Waals surface area contributed by atoms with E-state index in [9.17, 15) is 0 Å². The van der Waals surface area contributed by atoms with Crippen LogP contribution in [0.3, 0.4) is 0 Å². The first kappa shape index (κ1) is 14.7. The highest BCUT2D eigenvalue weighted by Crippen LogP contribution is 2.15. The molecular formula is C13H19NO3S. The second-order valence-corrected chi connectivity index (χ2v) is 4.85. The topological polar surface area (TPSA) is 57.6 Å². The molecule has 0 bridgehead atoms. The summed E-state index contributed by atoms with van der Waals surface area (Å²) in [4.78, 5) is 2.39. The highest BCUT2D eigenvalue weighted by molar-refractivity contribution is 7.66. The fourth-order valence-corrected chi connectivity index (χ4v) is 1.91. The zero-order valence-corrected chi connectivity index (χ0v) is 11.3. The van der Waals surface area contributed by atoms with E-state index in [-0.39, 0.29) is 0 Å². The van der Waals surface area contributed by atoms with Gasteiger partial charge in [0.15, 0.2) is 0 Å². The minimum atomic E-state index is -3.12. The maximum absolute atomic E-state index is 8.59. The molecule has 2 rings (SSSR count). The van der Waals surface area contributed by atoms with Crippen LogP contribution in [0.5, 0.6) is 0 Å². The summed E-state index contributed by atoms with van der Waals surface area (Å²) in [5.41, 5.74) is 1.39. The van der Waals surface area contributed by atoms with Gasteiger partial charge < -0.3 is 4.90 Å². The van der Waals surface area contributed by atoms with Gasteiger partial charge in [-0.1, -0.05) is 43.3 Å². The summed E-state index contributed by atoms with van der Waals surface area (Å²) in [6.07, 6.45) is 5.73. The molecule has 0 spiro atoms. The molecule has 0 aliphatic carbocycles. The Morgan fingerprint density at radius 2 is 1.94 bits per heavy atom. The summed E-state index contributed by atoms with van der Waals surface area (Å²) < 4.78 is 24.2. The Morgan fingerprint density at radius 3 is 2.50 bits per heavy atom. The van der Waals surface area contributed by atoms with Gasteiger partial charge in [-0.15, -0.1) is 0 Å². The summed E-state index contributed by atoms with van der Waals surface area (Å²) in [6, 6.07) is 10.7. The lowest BCUT2D eigenvalue weighted by Crippen LogP contribution is -2.25. The Bertz CT molecular complexity index is 435. The van der Waals surface area contributed by atoms with Gasteiger partial charge in [0.05, 0.1) is 0 Å². The van der Waals surface area contributed by atoms with E-state index in [0.717, 1.165) is 12.5 Å². The van der Waals surface area contributed by atoms with Crippen LogP contribution in [0, 0.1) is 5.92 Å². The molecule has 18 heavy (non-hydrogen) atoms. The van der Waals surface area contributed by atoms with Gasteiger partial charge in [0.1, 0.15) is 0 Å². The maximum atomic E-state index is 8.59. The normalized spacial score (nSPS) is 18.4. The zero-order valence-electron chi connectivity index (χ0n) is 10.4. The molecule has 1 atom stereocenters. The largest absolute Gasteiger partial charge is 0.373 e. The summed E-state index contributed by atoms with van der Waals surface area (Å²) in [7, 11) is -3.12. The first-order valence-corrected chi connectivity index (χ1v) is 6.99. The van der Waals surface area contributed by atoms with E-state index in [2.05, 4.69) is 54.4 Å². The predicted molar refractivity (Wildman–Crippen MR) is 72.7 cm³/mol. The van der Waals surface area contributed by atoms with Gasteiger partial charge >= 0.3 is 0 Å². The van der Waals surface area contributed by atoms with E-state index in [4.69, 9.17) is 13.0 Å². The van der Waals surface area contributed by atoms with Gasteiger partial charge in [-0.25, -0.2) is 8.42 Å². The van der Waals surface area contributed by atoms with Crippen molar-refractivity contribution in [1.82, 2.24) is 4.90 Å². The molecule has 1 heterocycles. The fourth-order valence-electron chi connectivity index (χ4n) is 1.91. The van der Waals surface area contributed by atoms with Crippen molar-refractivity contribution < 1.29 is 13.0 Å². The highest BCUT2D eigenvalue weighted by atomic mass is 32.2. The van der Waals surface area contributed by atoms with Crippen molar-refractivity contribution >= 4 is 11.0 Å². The average Bonchev–Trinajstić information content (AvgIpc) is 2.29. The third-order valence-electron chi connectivity index (χ3n) is 2.63. The summed E-state index contributed by atoms with van der Waals surface area (Å²) in [5, 5.41) is 0. The maximum Gasteiger partial charge on any atom is 0.254 e. The summed E-state index contributed by atoms with van der Waals surface area (Å²) in [6.45, 7) is 4.54. The number of rotatable bonds is 2. The standard InChI is InChI=1S/C13H17N.H2O3S/c1-12-6-5-9-14(10-12)11-13-7-3-2-4-8-13;1-4(2)3/h2-5,7-9,12H,6,10-11H2,1H3;4H,(H,1,2,3). The number of hydrogen-bond donors (Lipinski definition) is 2. The molecule has 1 aliphatic heterocycles. The quantitative estimate of drug-likeness (QED) is 0.638. The second-order valence-electron chi connectivity index (χ2n) is 4.38. The van der Waals surface area contributed by atoms with Crippen molar-refractivity contribution in [3.05, 3.63) is 48.2 Å². The Hall–Kier alpha value is -1.33. The SMILES string of the molecule is CC1CC=CN(Cc2ccccc2)C1.O=[SH](=O)O. The molecule has 5 heteroatoms. The van der Waals surface area contributed by atoms with E-state index < -0.39 is 11.0 Å². The molecule has 0 fully saturated rings. The molecule has 0 amide bonds. The number of thiol groups is 1. The lowest BCUT2D eigenvalue weighted by molar-refractivity contribution is 0.294. The van der Waals surface area contributed by atoms with Crippen molar-refractivity contribution in [2.75, 3.05) is 6.54 Å².